The summed E-state index contributed by atoms with van der Waals surface area (Å²) in [5.41, 5.74) is 15.7. The topological polar surface area (TPSA) is 29.5 Å². The Morgan fingerprint density at radius 3 is 2.23 bits per heavy atom. The van der Waals surface area contributed by atoms with Gasteiger partial charge in [-0.05, 0) is 101 Å². The van der Waals surface area contributed by atoms with Crippen molar-refractivity contribution < 1.29 is 8.83 Å². The predicted molar refractivity (Wildman–Crippen MR) is 219 cm³/mol. The highest BCUT2D eigenvalue weighted by Gasteiger charge is 2.45. The fraction of sp³-hybridized carbons (Fsp3) is 0.120. The van der Waals surface area contributed by atoms with Gasteiger partial charge >= 0.3 is 0 Å². The molecule has 1 aliphatic heterocycles. The first-order chi connectivity index (χ1) is 26.3. The van der Waals surface area contributed by atoms with E-state index in [1.807, 2.05) is 6.07 Å². The van der Waals surface area contributed by atoms with Gasteiger partial charge in [-0.1, -0.05) is 115 Å². The van der Waals surface area contributed by atoms with Crippen molar-refractivity contribution in [2.24, 2.45) is 5.92 Å². The van der Waals surface area contributed by atoms with Crippen LogP contribution in [0.15, 0.2) is 160 Å². The van der Waals surface area contributed by atoms with Crippen molar-refractivity contribution in [3.05, 3.63) is 173 Å². The molecule has 0 amide bonds. The molecular weight excluding hydrogens is 647 g/mol. The summed E-state index contributed by atoms with van der Waals surface area (Å²) < 4.78 is 13.7. The second-order valence-electron chi connectivity index (χ2n) is 14.9. The molecule has 8 aromatic rings. The number of furan rings is 2. The zero-order chi connectivity index (χ0) is 34.6. The van der Waals surface area contributed by atoms with E-state index in [1.54, 1.807) is 0 Å². The van der Waals surface area contributed by atoms with Crippen LogP contribution in [0.3, 0.4) is 0 Å². The lowest BCUT2D eigenvalue weighted by Crippen LogP contribution is -2.27. The highest BCUT2D eigenvalue weighted by Crippen LogP contribution is 2.55. The first-order valence-corrected chi connectivity index (χ1v) is 19.0. The van der Waals surface area contributed by atoms with Gasteiger partial charge < -0.3 is 13.7 Å². The van der Waals surface area contributed by atoms with Gasteiger partial charge in [-0.2, -0.15) is 0 Å². The minimum absolute atomic E-state index is 0.0755. The number of hydrogen-bond acceptors (Lipinski definition) is 3. The van der Waals surface area contributed by atoms with Gasteiger partial charge in [0.1, 0.15) is 28.6 Å². The van der Waals surface area contributed by atoms with Crippen LogP contribution in [-0.2, 0) is 6.42 Å². The molecule has 0 radical (unpaired) electrons. The summed E-state index contributed by atoms with van der Waals surface area (Å²) in [6.07, 6.45) is 18.3. The highest BCUT2D eigenvalue weighted by atomic mass is 16.3. The van der Waals surface area contributed by atoms with Crippen molar-refractivity contribution in [2.45, 2.75) is 31.7 Å². The van der Waals surface area contributed by atoms with Crippen LogP contribution in [0.2, 0.25) is 0 Å². The third-order valence-electron chi connectivity index (χ3n) is 12.2. The summed E-state index contributed by atoms with van der Waals surface area (Å²) >= 11 is 0. The Hall–Kier alpha value is -6.32. The average Bonchev–Trinajstić information content (AvgIpc) is 3.90. The lowest BCUT2D eigenvalue weighted by atomic mass is 9.80. The van der Waals surface area contributed by atoms with E-state index in [0.717, 1.165) is 64.5 Å². The Morgan fingerprint density at radius 2 is 1.32 bits per heavy atom. The van der Waals surface area contributed by atoms with Gasteiger partial charge in [0.25, 0.3) is 0 Å². The smallest absolute Gasteiger partial charge is 0.142 e. The molecule has 0 fully saturated rings. The van der Waals surface area contributed by atoms with Crippen molar-refractivity contribution in [1.82, 2.24) is 0 Å². The van der Waals surface area contributed by atoms with Crippen LogP contribution in [0.4, 0.5) is 5.69 Å². The van der Waals surface area contributed by atoms with E-state index in [2.05, 4.69) is 151 Å². The molecule has 3 nitrogen and oxygen atoms in total. The Balaban J connectivity index is 1.08. The molecule has 2 unspecified atom stereocenters. The van der Waals surface area contributed by atoms with Gasteiger partial charge in [-0.25, -0.2) is 0 Å². The molecule has 0 saturated heterocycles. The number of anilines is 1. The summed E-state index contributed by atoms with van der Waals surface area (Å²) in [7, 11) is 0. The van der Waals surface area contributed by atoms with Gasteiger partial charge in [0.05, 0.1) is 0 Å². The second kappa shape index (κ2) is 11.1. The summed E-state index contributed by atoms with van der Waals surface area (Å²) in [5, 5.41) is 5.99. The van der Waals surface area contributed by atoms with Crippen molar-refractivity contribution in [3.63, 3.8) is 0 Å². The molecule has 2 atom stereocenters. The molecule has 2 aromatic heterocycles. The molecule has 252 valence electrons. The van der Waals surface area contributed by atoms with Crippen molar-refractivity contribution >= 4 is 61.5 Å². The molecule has 3 heterocycles. The van der Waals surface area contributed by atoms with Crippen molar-refractivity contribution in [1.29, 1.82) is 0 Å². The maximum Gasteiger partial charge on any atom is 0.142 e. The van der Waals surface area contributed by atoms with E-state index >= 15 is 0 Å². The minimum Gasteiger partial charge on any atom is -0.458 e. The molecule has 53 heavy (non-hydrogen) atoms. The Bertz CT molecular complexity index is 2970. The Morgan fingerprint density at radius 1 is 0.566 bits per heavy atom. The van der Waals surface area contributed by atoms with E-state index in [0.29, 0.717) is 0 Å². The normalized spacial score (nSPS) is 18.7. The standard InChI is InChI=1S/C50H35NO2/c1-2-13-31(14-3-1)51-43-23-10-8-15-32(43)39-27-28-41-40-21-12-22-42(49(40)53-50(41)48(39)51)47-37-19-6-4-17-35(37)46(36-18-5-7-20-38(36)47)30-25-26-34-33-16-9-11-24-44(33)52-45(34)29-30/h1-4,6-7,9-14,16-17,19-29,39,48H,5,8,15,18H2. The van der Waals surface area contributed by atoms with E-state index in [4.69, 9.17) is 8.83 Å². The van der Waals surface area contributed by atoms with Crippen LogP contribution in [0.1, 0.15) is 47.8 Å². The van der Waals surface area contributed by atoms with Crippen LogP contribution < -0.4 is 4.90 Å². The van der Waals surface area contributed by atoms with E-state index in [1.165, 1.54) is 66.5 Å². The number of fused-ring (bicyclic) bond motifs is 11. The Kier molecular flexibility index (Phi) is 6.13. The van der Waals surface area contributed by atoms with Gasteiger partial charge in [0.15, 0.2) is 0 Å². The van der Waals surface area contributed by atoms with Crippen molar-refractivity contribution in [2.75, 3.05) is 4.90 Å². The number of rotatable bonds is 3. The summed E-state index contributed by atoms with van der Waals surface area (Å²) in [6, 6.07) is 41.8. The molecule has 0 spiro atoms. The third-order valence-corrected chi connectivity index (χ3v) is 12.2. The third kappa shape index (κ3) is 4.11. The number of para-hydroxylation sites is 3. The first kappa shape index (κ1) is 29.3. The zero-order valence-electron chi connectivity index (χ0n) is 29.2. The summed E-state index contributed by atoms with van der Waals surface area (Å²) in [4.78, 5) is 2.54. The van der Waals surface area contributed by atoms with Crippen LogP contribution in [0, 0.1) is 5.92 Å². The predicted octanol–water partition coefficient (Wildman–Crippen LogP) is 13.6. The monoisotopic (exact) mass is 681 g/mol. The van der Waals surface area contributed by atoms with Crippen LogP contribution in [0.25, 0.3) is 78.1 Å². The van der Waals surface area contributed by atoms with E-state index in [9.17, 15) is 0 Å². The molecule has 4 aliphatic rings. The second-order valence-corrected chi connectivity index (χ2v) is 14.9. The number of benzene rings is 6. The van der Waals surface area contributed by atoms with Crippen LogP contribution >= 0.6 is 0 Å². The van der Waals surface area contributed by atoms with E-state index in [-0.39, 0.29) is 12.0 Å². The molecule has 6 aromatic carbocycles. The molecule has 0 N–H and O–H groups in total. The van der Waals surface area contributed by atoms with Gasteiger partial charge in [-0.15, -0.1) is 0 Å². The Labute approximate surface area is 307 Å². The molecular formula is C50H35NO2. The van der Waals surface area contributed by atoms with Crippen LogP contribution in [0.5, 0.6) is 0 Å². The van der Waals surface area contributed by atoms with E-state index < -0.39 is 0 Å². The molecule has 3 aliphatic carbocycles. The molecule has 0 bridgehead atoms. The molecule has 0 saturated carbocycles. The minimum atomic E-state index is 0.0755. The lowest BCUT2D eigenvalue weighted by Gasteiger charge is -2.31. The summed E-state index contributed by atoms with van der Waals surface area (Å²) in [6.45, 7) is 0. The lowest BCUT2D eigenvalue weighted by molar-refractivity contribution is 0.455. The molecule has 3 heteroatoms. The number of allylic oxidation sites excluding steroid dienone is 3. The number of nitrogens with zero attached hydrogens (tertiary/aromatic N) is 1. The quantitative estimate of drug-likeness (QED) is 0.186. The highest BCUT2D eigenvalue weighted by molar-refractivity contribution is 6.15. The van der Waals surface area contributed by atoms with Gasteiger partial charge in [-0.3, -0.25) is 0 Å². The van der Waals surface area contributed by atoms with Gasteiger partial charge in [0, 0.05) is 50.2 Å². The molecule has 12 rings (SSSR count). The average molecular weight is 682 g/mol. The number of hydrogen-bond donors (Lipinski definition) is 0. The SMILES string of the molecule is C1=CC2=C(CC1)C1C=Cc3c(oc4c(-c5c6c(c(-c7ccc8c(c7)oc7ccccc78)c7ccccc57)CCC=C6)cccc34)C1N2c1ccccc1. The van der Waals surface area contributed by atoms with Crippen molar-refractivity contribution in [3.8, 4) is 22.3 Å². The first-order valence-electron chi connectivity index (χ1n) is 19.0. The van der Waals surface area contributed by atoms with Crippen LogP contribution in [-0.4, -0.2) is 0 Å². The summed E-state index contributed by atoms with van der Waals surface area (Å²) in [5.74, 6) is 1.35. The fourth-order valence-corrected chi connectivity index (χ4v) is 9.96. The maximum absolute atomic E-state index is 7.30. The fourth-order valence-electron chi connectivity index (χ4n) is 9.96. The van der Waals surface area contributed by atoms with Gasteiger partial charge in [0.2, 0.25) is 0 Å². The maximum atomic E-state index is 7.30. The largest absolute Gasteiger partial charge is 0.458 e. The zero-order valence-corrected chi connectivity index (χ0v) is 29.2.